The zero-order valence-corrected chi connectivity index (χ0v) is 20.8. The summed E-state index contributed by atoms with van der Waals surface area (Å²) in [4.78, 5) is 14.8. The number of nitrogens with zero attached hydrogens (tertiary/aromatic N) is 1. The van der Waals surface area contributed by atoms with Gasteiger partial charge in [-0.2, -0.15) is 0 Å². The van der Waals surface area contributed by atoms with Gasteiger partial charge >= 0.3 is 0 Å². The van der Waals surface area contributed by atoms with Gasteiger partial charge in [-0.05, 0) is 66.2 Å². The monoisotopic (exact) mass is 567 g/mol. The van der Waals surface area contributed by atoms with Gasteiger partial charge in [-0.3, -0.25) is 4.79 Å². The first-order valence-electron chi connectivity index (χ1n) is 9.60. The lowest BCUT2D eigenvalue weighted by atomic mass is 10.2. The molecule has 0 saturated heterocycles. The first kappa shape index (κ1) is 23.6. The summed E-state index contributed by atoms with van der Waals surface area (Å²) in [5.41, 5.74) is 0.662. The third-order valence-corrected chi connectivity index (χ3v) is 7.53. The highest BCUT2D eigenvalue weighted by atomic mass is 79.9. The molecule has 0 aliphatic rings. The first-order valence-corrected chi connectivity index (χ1v) is 12.6. The maximum atomic E-state index is 13.3. The second-order valence-corrected chi connectivity index (χ2v) is 10.7. The molecule has 0 unspecified atom stereocenters. The molecule has 0 saturated carbocycles. The maximum absolute atomic E-state index is 13.3. The molecule has 0 radical (unpaired) electrons. The lowest BCUT2D eigenvalue weighted by molar-refractivity contribution is 0.0679. The minimum Gasteiger partial charge on any atom is -0.467 e. The number of furan rings is 2. The fourth-order valence-corrected chi connectivity index (χ4v) is 5.02. The fraction of sp³-hybridized carbons (Fsp3) is 0.0870. The summed E-state index contributed by atoms with van der Waals surface area (Å²) >= 11 is 15.5. The van der Waals surface area contributed by atoms with Crippen LogP contribution >= 0.6 is 39.1 Å². The highest BCUT2D eigenvalue weighted by Gasteiger charge is 2.26. The minimum atomic E-state index is -3.93. The molecule has 1 amide bonds. The molecule has 4 aromatic rings. The fourth-order valence-electron chi connectivity index (χ4n) is 3.11. The minimum absolute atomic E-state index is 0.0550. The van der Waals surface area contributed by atoms with Crippen LogP contribution in [-0.2, 0) is 22.9 Å². The summed E-state index contributed by atoms with van der Waals surface area (Å²) < 4.78 is 37.4. The second-order valence-electron chi connectivity index (χ2n) is 7.05. The van der Waals surface area contributed by atoms with E-state index in [9.17, 15) is 13.2 Å². The number of carbonyl (C=O) groups is 1. The molecular formula is C23H16BrCl2NO5S. The SMILES string of the molecule is O=C(c1ccc(S(=O)(=O)c2ccc(Br)cc2)o1)N(Cc1ccco1)Cc1ccc(Cl)cc1Cl. The number of sulfone groups is 1. The van der Waals surface area contributed by atoms with E-state index in [0.29, 0.717) is 21.4 Å². The number of halogens is 3. The van der Waals surface area contributed by atoms with E-state index in [1.54, 1.807) is 42.5 Å². The molecule has 2 aromatic carbocycles. The number of benzene rings is 2. The Bertz CT molecular complexity index is 1380. The van der Waals surface area contributed by atoms with E-state index in [1.165, 1.54) is 35.4 Å². The number of hydrogen-bond donors (Lipinski definition) is 0. The number of carbonyl (C=O) groups excluding carboxylic acids is 1. The largest absolute Gasteiger partial charge is 0.467 e. The molecule has 0 spiro atoms. The maximum Gasteiger partial charge on any atom is 0.290 e. The molecule has 0 fully saturated rings. The molecule has 6 nitrogen and oxygen atoms in total. The van der Waals surface area contributed by atoms with Crippen LogP contribution in [0.25, 0.3) is 0 Å². The van der Waals surface area contributed by atoms with Gasteiger partial charge in [0.1, 0.15) is 5.76 Å². The Morgan fingerprint density at radius 3 is 2.39 bits per heavy atom. The van der Waals surface area contributed by atoms with Gasteiger partial charge in [-0.25, -0.2) is 8.42 Å². The molecule has 10 heteroatoms. The van der Waals surface area contributed by atoms with E-state index in [2.05, 4.69) is 15.9 Å². The van der Waals surface area contributed by atoms with Crippen molar-refractivity contribution in [2.45, 2.75) is 23.1 Å². The van der Waals surface area contributed by atoms with Crippen molar-refractivity contribution >= 4 is 54.9 Å². The van der Waals surface area contributed by atoms with Crippen molar-refractivity contribution in [1.29, 1.82) is 0 Å². The van der Waals surface area contributed by atoms with Crippen LogP contribution < -0.4 is 0 Å². The van der Waals surface area contributed by atoms with E-state index in [4.69, 9.17) is 32.0 Å². The summed E-state index contributed by atoms with van der Waals surface area (Å²) in [6.07, 6.45) is 1.50. The summed E-state index contributed by atoms with van der Waals surface area (Å²) in [5.74, 6) is -0.0975. The van der Waals surface area contributed by atoms with Gasteiger partial charge in [0.2, 0.25) is 14.9 Å². The second kappa shape index (κ2) is 9.77. The van der Waals surface area contributed by atoms with Crippen LogP contribution in [0.1, 0.15) is 21.9 Å². The van der Waals surface area contributed by atoms with Crippen molar-refractivity contribution in [3.63, 3.8) is 0 Å². The Morgan fingerprint density at radius 1 is 0.970 bits per heavy atom. The van der Waals surface area contributed by atoms with Crippen LogP contribution in [0.4, 0.5) is 0 Å². The molecule has 0 atom stereocenters. The first-order chi connectivity index (χ1) is 15.7. The molecule has 0 aliphatic carbocycles. The van der Waals surface area contributed by atoms with Crippen LogP contribution in [0, 0.1) is 0 Å². The lowest BCUT2D eigenvalue weighted by Crippen LogP contribution is -2.29. The third kappa shape index (κ3) is 5.35. The quantitative estimate of drug-likeness (QED) is 0.250. The summed E-state index contributed by atoms with van der Waals surface area (Å²) in [6, 6.07) is 17.2. The van der Waals surface area contributed by atoms with Crippen molar-refractivity contribution in [3.8, 4) is 0 Å². The molecule has 4 rings (SSSR count). The molecule has 0 bridgehead atoms. The van der Waals surface area contributed by atoms with Gasteiger partial charge in [0.15, 0.2) is 5.76 Å². The van der Waals surface area contributed by atoms with E-state index in [0.717, 1.165) is 4.47 Å². The van der Waals surface area contributed by atoms with Crippen LogP contribution in [0.5, 0.6) is 0 Å². The zero-order chi connectivity index (χ0) is 23.6. The summed E-state index contributed by atoms with van der Waals surface area (Å²) in [6.45, 7) is 0.255. The van der Waals surface area contributed by atoms with Crippen molar-refractivity contribution in [2.24, 2.45) is 0 Å². The Morgan fingerprint density at radius 2 is 1.73 bits per heavy atom. The summed E-state index contributed by atoms with van der Waals surface area (Å²) in [7, 11) is -3.93. The highest BCUT2D eigenvalue weighted by Crippen LogP contribution is 2.27. The lowest BCUT2D eigenvalue weighted by Gasteiger charge is -2.21. The Labute approximate surface area is 208 Å². The van der Waals surface area contributed by atoms with Crippen LogP contribution in [0.3, 0.4) is 0 Å². The Hall–Kier alpha value is -2.52. The average molecular weight is 569 g/mol. The Balaban J connectivity index is 1.63. The van der Waals surface area contributed by atoms with Gasteiger partial charge in [0.25, 0.3) is 5.91 Å². The van der Waals surface area contributed by atoms with Crippen molar-refractivity contribution in [2.75, 3.05) is 0 Å². The van der Waals surface area contributed by atoms with Crippen molar-refractivity contribution in [1.82, 2.24) is 4.90 Å². The molecular weight excluding hydrogens is 553 g/mol. The molecule has 2 heterocycles. The van der Waals surface area contributed by atoms with Crippen LogP contribution in [-0.4, -0.2) is 19.2 Å². The average Bonchev–Trinajstić information content (AvgIpc) is 3.47. The van der Waals surface area contributed by atoms with Gasteiger partial charge in [-0.15, -0.1) is 0 Å². The standard InChI is InChI=1S/C23H16BrCl2NO5S/c24-16-4-7-19(8-5-16)33(29,30)22-10-9-21(32-22)23(28)27(14-18-2-1-11-31-18)13-15-3-6-17(25)12-20(15)26/h1-12H,13-14H2. The smallest absolute Gasteiger partial charge is 0.290 e. The van der Waals surface area contributed by atoms with E-state index >= 15 is 0 Å². The van der Waals surface area contributed by atoms with E-state index < -0.39 is 15.7 Å². The number of amides is 1. The predicted molar refractivity (Wildman–Crippen MR) is 127 cm³/mol. The topological polar surface area (TPSA) is 80.7 Å². The predicted octanol–water partition coefficient (Wildman–Crippen LogP) is 6.62. The zero-order valence-electron chi connectivity index (χ0n) is 16.9. The Kier molecular flexibility index (Phi) is 6.99. The third-order valence-electron chi connectivity index (χ3n) is 4.77. The molecule has 0 N–H and O–H groups in total. The number of hydrogen-bond acceptors (Lipinski definition) is 5. The van der Waals surface area contributed by atoms with Gasteiger partial charge in [-0.1, -0.05) is 45.2 Å². The molecule has 0 aliphatic heterocycles. The van der Waals surface area contributed by atoms with E-state index in [-0.39, 0.29) is 28.8 Å². The van der Waals surface area contributed by atoms with Gasteiger partial charge < -0.3 is 13.7 Å². The van der Waals surface area contributed by atoms with Crippen LogP contribution in [0.15, 0.2) is 96.3 Å². The highest BCUT2D eigenvalue weighted by molar-refractivity contribution is 9.10. The summed E-state index contributed by atoms with van der Waals surface area (Å²) in [5, 5.41) is 0.551. The van der Waals surface area contributed by atoms with E-state index in [1.807, 2.05) is 0 Å². The van der Waals surface area contributed by atoms with Crippen molar-refractivity contribution in [3.05, 3.63) is 105 Å². The molecule has 2 aromatic heterocycles. The normalized spacial score (nSPS) is 11.5. The van der Waals surface area contributed by atoms with Crippen LogP contribution in [0.2, 0.25) is 10.0 Å². The van der Waals surface area contributed by atoms with Crippen molar-refractivity contribution < 1.29 is 22.0 Å². The molecule has 170 valence electrons. The molecule has 33 heavy (non-hydrogen) atoms. The van der Waals surface area contributed by atoms with Gasteiger partial charge in [0, 0.05) is 21.1 Å². The van der Waals surface area contributed by atoms with Gasteiger partial charge in [0.05, 0.1) is 17.7 Å². The number of rotatable bonds is 7.